The maximum atomic E-state index is 15.0. The van der Waals surface area contributed by atoms with E-state index < -0.39 is 29.6 Å². The van der Waals surface area contributed by atoms with Crippen LogP contribution in [0.2, 0.25) is 0 Å². The molecule has 0 aliphatic rings. The molecule has 9 heteroatoms. The van der Waals surface area contributed by atoms with E-state index in [0.29, 0.717) is 0 Å². The van der Waals surface area contributed by atoms with Crippen molar-refractivity contribution >= 4 is 0 Å². The summed E-state index contributed by atoms with van der Waals surface area (Å²) >= 11 is 0. The molecule has 0 atom stereocenters. The zero-order valence-electron chi connectivity index (χ0n) is 18.0. The van der Waals surface area contributed by atoms with Gasteiger partial charge in [-0.1, -0.05) is 36.4 Å². The van der Waals surface area contributed by atoms with Gasteiger partial charge in [0.1, 0.15) is 22.7 Å². The third-order valence-electron chi connectivity index (χ3n) is 4.97. The van der Waals surface area contributed by atoms with Gasteiger partial charge in [0.15, 0.2) is 0 Å². The predicted octanol–water partition coefficient (Wildman–Crippen LogP) is 8.04. The van der Waals surface area contributed by atoms with E-state index in [1.165, 1.54) is 0 Å². The Kier molecular flexibility index (Phi) is 7.28. The van der Waals surface area contributed by atoms with Crippen LogP contribution in [0.4, 0.5) is 26.3 Å². The quantitative estimate of drug-likeness (QED) is 0.172. The Bertz CT molecular complexity index is 1070. The molecule has 0 saturated carbocycles. The molecule has 3 nitrogen and oxygen atoms in total. The lowest BCUT2D eigenvalue weighted by Crippen LogP contribution is -2.44. The molecule has 0 heterocycles. The molecular formula is C26H18F6O3. The lowest BCUT2D eigenvalue weighted by molar-refractivity contribution is -0.166. The molecule has 35 heavy (non-hydrogen) atoms. The number of benzene rings is 3. The van der Waals surface area contributed by atoms with Crippen molar-refractivity contribution in [2.75, 3.05) is 0 Å². The van der Waals surface area contributed by atoms with Crippen molar-refractivity contribution in [1.82, 2.24) is 0 Å². The van der Waals surface area contributed by atoms with E-state index in [9.17, 15) is 13.2 Å². The van der Waals surface area contributed by atoms with Gasteiger partial charge in [-0.05, 0) is 72.8 Å². The van der Waals surface area contributed by atoms with Crippen LogP contribution < -0.4 is 14.2 Å². The summed E-state index contributed by atoms with van der Waals surface area (Å²) in [5, 5.41) is 0. The fourth-order valence-electron chi connectivity index (χ4n) is 3.69. The summed E-state index contributed by atoms with van der Waals surface area (Å²) in [6.07, 6.45) is -4.92. The standard InChI is InChI=1S/C26H18F6O3/c1-16(27)33-22-10-4-19(5-11-22)25(26(30,31)32,20-6-12-23(13-7-20)34-17(2)28)21-8-14-24(15-9-21)35-18(3)29/h4-15H,1-3H2. The van der Waals surface area contributed by atoms with Crippen molar-refractivity contribution in [1.29, 1.82) is 0 Å². The van der Waals surface area contributed by atoms with Gasteiger partial charge in [-0.15, -0.1) is 0 Å². The van der Waals surface area contributed by atoms with Crippen molar-refractivity contribution in [3.05, 3.63) is 127 Å². The molecule has 182 valence electrons. The number of hydrogen-bond acceptors (Lipinski definition) is 3. The second-order valence-electron chi connectivity index (χ2n) is 7.19. The summed E-state index contributed by atoms with van der Waals surface area (Å²) in [7, 11) is 0. The molecule has 3 aromatic carbocycles. The van der Waals surface area contributed by atoms with Crippen molar-refractivity contribution in [2.45, 2.75) is 11.6 Å². The van der Waals surface area contributed by atoms with Crippen molar-refractivity contribution in [2.24, 2.45) is 0 Å². The van der Waals surface area contributed by atoms with Gasteiger partial charge in [-0.2, -0.15) is 26.3 Å². The van der Waals surface area contributed by atoms with Crippen LogP contribution in [0.1, 0.15) is 16.7 Å². The molecule has 0 aliphatic carbocycles. The lowest BCUT2D eigenvalue weighted by atomic mass is 9.68. The molecule has 0 fully saturated rings. The maximum Gasteiger partial charge on any atom is 0.406 e. The van der Waals surface area contributed by atoms with Gasteiger partial charge in [0.05, 0.1) is 0 Å². The predicted molar refractivity (Wildman–Crippen MR) is 118 cm³/mol. The second-order valence-corrected chi connectivity index (χ2v) is 7.19. The fraction of sp³-hybridized carbons (Fsp3) is 0.0769. The highest BCUT2D eigenvalue weighted by atomic mass is 19.4. The van der Waals surface area contributed by atoms with Crippen LogP contribution in [0.3, 0.4) is 0 Å². The van der Waals surface area contributed by atoms with Crippen LogP contribution in [-0.2, 0) is 5.41 Å². The van der Waals surface area contributed by atoms with Crippen LogP contribution in [0.15, 0.2) is 111 Å². The summed E-state index contributed by atoms with van der Waals surface area (Å²) in [5.41, 5.74) is -3.48. The third-order valence-corrected chi connectivity index (χ3v) is 4.97. The van der Waals surface area contributed by atoms with Gasteiger partial charge >= 0.3 is 6.18 Å². The zero-order chi connectivity index (χ0) is 25.8. The highest BCUT2D eigenvalue weighted by molar-refractivity contribution is 5.55. The van der Waals surface area contributed by atoms with E-state index >= 15 is 13.2 Å². The van der Waals surface area contributed by atoms with Crippen LogP contribution >= 0.6 is 0 Å². The first-order valence-electron chi connectivity index (χ1n) is 9.88. The number of rotatable bonds is 9. The van der Waals surface area contributed by atoms with Gasteiger partial charge in [-0.25, -0.2) is 0 Å². The molecule has 0 bridgehead atoms. The summed E-state index contributed by atoms with van der Waals surface area (Å²) in [6, 6.07) is 10.4. The first-order chi connectivity index (χ1) is 16.4. The molecule has 3 aromatic rings. The number of halogens is 6. The molecule has 0 N–H and O–H groups in total. The Hall–Kier alpha value is -4.14. The van der Waals surface area contributed by atoms with Gasteiger partial charge in [0.25, 0.3) is 18.0 Å². The monoisotopic (exact) mass is 492 g/mol. The third kappa shape index (κ3) is 5.51. The molecule has 0 unspecified atom stereocenters. The normalized spacial score (nSPS) is 11.5. The molecule has 0 aliphatic heterocycles. The molecule has 0 aromatic heterocycles. The van der Waals surface area contributed by atoms with Gasteiger partial charge in [0, 0.05) is 0 Å². The molecular weight excluding hydrogens is 474 g/mol. The number of ether oxygens (including phenoxy) is 3. The zero-order valence-corrected chi connectivity index (χ0v) is 18.0. The van der Waals surface area contributed by atoms with Crippen LogP contribution in [0, 0.1) is 0 Å². The Labute approximate surface area is 197 Å². The minimum Gasteiger partial charge on any atom is -0.432 e. The van der Waals surface area contributed by atoms with Gasteiger partial charge < -0.3 is 14.2 Å². The average molecular weight is 492 g/mol. The smallest absolute Gasteiger partial charge is 0.406 e. The molecule has 0 radical (unpaired) electrons. The van der Waals surface area contributed by atoms with E-state index in [-0.39, 0.29) is 33.9 Å². The summed E-state index contributed by atoms with van der Waals surface area (Å²) in [5.74, 6) is -0.187. The highest BCUT2D eigenvalue weighted by Gasteiger charge is 2.58. The molecule has 0 saturated heterocycles. The van der Waals surface area contributed by atoms with Crippen LogP contribution in [0.25, 0.3) is 0 Å². The number of hydrogen-bond donors (Lipinski definition) is 0. The van der Waals surface area contributed by atoms with Crippen molar-refractivity contribution < 1.29 is 40.6 Å². The maximum absolute atomic E-state index is 15.0. The number of alkyl halides is 3. The van der Waals surface area contributed by atoms with Gasteiger partial charge in [-0.3, -0.25) is 0 Å². The topological polar surface area (TPSA) is 27.7 Å². The van der Waals surface area contributed by atoms with E-state index in [4.69, 9.17) is 14.2 Å². The van der Waals surface area contributed by atoms with Crippen molar-refractivity contribution in [3.8, 4) is 17.2 Å². The largest absolute Gasteiger partial charge is 0.432 e. The first-order valence-corrected chi connectivity index (χ1v) is 9.88. The van der Waals surface area contributed by atoms with E-state index in [2.05, 4.69) is 19.7 Å². The highest BCUT2D eigenvalue weighted by Crippen LogP contribution is 2.52. The van der Waals surface area contributed by atoms with Crippen LogP contribution in [0.5, 0.6) is 17.2 Å². The molecule has 0 amide bonds. The van der Waals surface area contributed by atoms with E-state index in [0.717, 1.165) is 72.8 Å². The molecule has 0 spiro atoms. The van der Waals surface area contributed by atoms with E-state index in [1.54, 1.807) is 0 Å². The lowest BCUT2D eigenvalue weighted by Gasteiger charge is -2.37. The Morgan fingerprint density at radius 3 is 0.886 bits per heavy atom. The second kappa shape index (κ2) is 10.0. The van der Waals surface area contributed by atoms with Crippen LogP contribution in [-0.4, -0.2) is 6.18 Å². The Morgan fingerprint density at radius 2 is 0.714 bits per heavy atom. The first kappa shape index (κ1) is 25.5. The Balaban J connectivity index is 2.25. The Morgan fingerprint density at radius 1 is 0.486 bits per heavy atom. The summed E-state index contributed by atoms with van der Waals surface area (Å²) in [6.45, 7) is 8.87. The SMILES string of the molecule is C=C(F)Oc1ccc(C(c2ccc(OC(=C)F)cc2)(c2ccc(OC(=C)F)cc2)C(F)(F)F)cc1. The van der Waals surface area contributed by atoms with Gasteiger partial charge in [0.2, 0.25) is 0 Å². The van der Waals surface area contributed by atoms with Crippen molar-refractivity contribution in [3.63, 3.8) is 0 Å². The fourth-order valence-corrected chi connectivity index (χ4v) is 3.69. The summed E-state index contributed by atoms with van der Waals surface area (Å²) in [4.78, 5) is 0. The summed E-state index contributed by atoms with van der Waals surface area (Å²) < 4.78 is 98.3. The molecule has 3 rings (SSSR count). The minimum absolute atomic E-state index is 0.0623. The van der Waals surface area contributed by atoms with E-state index in [1.807, 2.05) is 0 Å². The average Bonchev–Trinajstić information content (AvgIpc) is 2.75. The minimum atomic E-state index is -4.92.